The Labute approximate surface area is 211 Å². The second-order valence-corrected chi connectivity index (χ2v) is 7.79. The van der Waals surface area contributed by atoms with E-state index in [-0.39, 0.29) is 5.75 Å². The molecule has 3 aromatic carbocycles. The first-order chi connectivity index (χ1) is 18.1. The van der Waals surface area contributed by atoms with Crippen LogP contribution in [0.2, 0.25) is 0 Å². The zero-order valence-electron chi connectivity index (χ0n) is 19.5. The van der Waals surface area contributed by atoms with Gasteiger partial charge in [0.15, 0.2) is 34.9 Å². The van der Waals surface area contributed by atoms with Crippen molar-refractivity contribution in [3.63, 3.8) is 0 Å². The summed E-state index contributed by atoms with van der Waals surface area (Å²) in [5, 5.41) is 0. The predicted molar refractivity (Wildman–Crippen MR) is 110 cm³/mol. The number of hydrogen-bond acceptors (Lipinski definition) is 3. The van der Waals surface area contributed by atoms with Crippen LogP contribution in [0.15, 0.2) is 18.2 Å². The molecule has 0 bridgehead atoms. The van der Waals surface area contributed by atoms with Gasteiger partial charge in [-0.2, -0.15) is 17.6 Å². The van der Waals surface area contributed by atoms with Gasteiger partial charge in [-0.1, -0.05) is 0 Å². The summed E-state index contributed by atoms with van der Waals surface area (Å²) in [7, 11) is 1.03. The van der Waals surface area contributed by atoms with E-state index in [4.69, 9.17) is 4.74 Å². The summed E-state index contributed by atoms with van der Waals surface area (Å²) in [5.41, 5.74) is -6.84. The van der Waals surface area contributed by atoms with Gasteiger partial charge in [-0.05, 0) is 25.1 Å². The van der Waals surface area contributed by atoms with Gasteiger partial charge in [-0.25, -0.2) is 35.1 Å². The predicted octanol–water partition coefficient (Wildman–Crippen LogP) is 7.95. The topological polar surface area (TPSA) is 27.7 Å². The molecule has 3 rings (SSSR count). The summed E-state index contributed by atoms with van der Waals surface area (Å²) in [6, 6.07) is 2.07. The monoisotopic (exact) mass is 578 g/mol. The van der Waals surface area contributed by atoms with Gasteiger partial charge in [-0.3, -0.25) is 0 Å². The number of rotatable bonds is 9. The van der Waals surface area contributed by atoms with E-state index in [9.17, 15) is 52.7 Å². The zero-order valence-corrected chi connectivity index (χ0v) is 19.5. The molecule has 3 aromatic rings. The third-order valence-electron chi connectivity index (χ3n) is 5.28. The van der Waals surface area contributed by atoms with Crippen LogP contribution in [0.4, 0.5) is 52.7 Å². The minimum absolute atomic E-state index is 0.297. The molecule has 0 unspecified atom stereocenters. The van der Waals surface area contributed by atoms with E-state index < -0.39 is 106 Å². The van der Waals surface area contributed by atoms with Gasteiger partial charge >= 0.3 is 0 Å². The minimum atomic E-state index is -4.20. The highest BCUT2D eigenvalue weighted by Crippen LogP contribution is 2.44. The van der Waals surface area contributed by atoms with Crippen molar-refractivity contribution in [2.45, 2.75) is 19.3 Å². The highest BCUT2D eigenvalue weighted by atomic mass is 19.3. The lowest BCUT2D eigenvalue weighted by molar-refractivity contribution is -0.102. The van der Waals surface area contributed by atoms with Crippen molar-refractivity contribution >= 4 is 0 Å². The van der Waals surface area contributed by atoms with Crippen LogP contribution < -0.4 is 9.47 Å². The molecule has 0 aromatic heterocycles. The van der Waals surface area contributed by atoms with E-state index in [1.54, 1.807) is 0 Å². The Morgan fingerprint density at radius 2 is 1.23 bits per heavy atom. The molecule has 0 aliphatic carbocycles. The van der Waals surface area contributed by atoms with Crippen LogP contribution in [0, 0.1) is 53.5 Å². The van der Waals surface area contributed by atoms with Gasteiger partial charge in [-0.15, -0.1) is 0 Å². The minimum Gasteiger partial charge on any atom is -0.497 e. The molecule has 3 nitrogen and oxygen atoms in total. The van der Waals surface area contributed by atoms with Crippen LogP contribution in [0.25, 0.3) is 11.1 Å². The molecule has 0 saturated carbocycles. The highest BCUT2D eigenvalue weighted by molar-refractivity contribution is 5.69. The highest BCUT2D eigenvalue weighted by Gasteiger charge is 2.38. The fraction of sp³-hybridized carbons (Fsp3) is 0.250. The van der Waals surface area contributed by atoms with E-state index in [0.29, 0.717) is 19.1 Å². The van der Waals surface area contributed by atoms with E-state index >= 15 is 0 Å². The van der Waals surface area contributed by atoms with Crippen molar-refractivity contribution in [3.05, 3.63) is 75.9 Å². The summed E-state index contributed by atoms with van der Waals surface area (Å²) in [6.07, 6.45) is -3.13. The first-order valence-electron chi connectivity index (χ1n) is 10.4. The van der Waals surface area contributed by atoms with Gasteiger partial charge in [0.1, 0.15) is 24.7 Å². The van der Waals surface area contributed by atoms with Crippen LogP contribution in [-0.4, -0.2) is 26.7 Å². The summed E-state index contributed by atoms with van der Waals surface area (Å²) in [5.74, 6) is -26.9. The second-order valence-electron chi connectivity index (χ2n) is 7.79. The third kappa shape index (κ3) is 5.58. The van der Waals surface area contributed by atoms with Crippen LogP contribution >= 0.6 is 0 Å². The van der Waals surface area contributed by atoms with Crippen molar-refractivity contribution in [2.75, 3.05) is 20.3 Å². The van der Waals surface area contributed by atoms with Gasteiger partial charge in [0.2, 0.25) is 17.4 Å². The molecule has 0 radical (unpaired) electrons. The molecule has 212 valence electrons. The molecule has 0 aliphatic heterocycles. The average Bonchev–Trinajstić information content (AvgIpc) is 2.89. The fourth-order valence-electron chi connectivity index (χ4n) is 3.36. The average molecular weight is 578 g/mol. The lowest BCUT2D eigenvalue weighted by Crippen LogP contribution is -2.24. The zero-order chi connectivity index (χ0) is 29.4. The summed E-state index contributed by atoms with van der Waals surface area (Å²) in [6.45, 7) is -2.53. The Morgan fingerprint density at radius 1 is 0.744 bits per heavy atom. The SMILES string of the molecule is COc1ccc(Oc2c(F)c(F)c(-c3c(F)c(F)c(C)c(F)c3F)c(F)c2F)c(C(F)(F)COCC(F)F)c1. The van der Waals surface area contributed by atoms with Crippen molar-refractivity contribution in [3.8, 4) is 28.4 Å². The Morgan fingerprint density at radius 3 is 1.69 bits per heavy atom. The molecule has 0 aliphatic rings. The molecular formula is C24H14F12O3. The number of alkyl halides is 4. The fourth-order valence-corrected chi connectivity index (χ4v) is 3.36. The van der Waals surface area contributed by atoms with Gasteiger partial charge in [0.25, 0.3) is 12.3 Å². The Balaban J connectivity index is 2.17. The number of methoxy groups -OCH3 is 1. The molecule has 0 heterocycles. The number of hydrogen-bond donors (Lipinski definition) is 0. The number of benzene rings is 3. The standard InChI is InChI=1S/C24H14F12O3/c1-8-15(27)17(29)13(18(30)16(8)28)14-19(31)21(33)23(22(34)20(14)32)39-11-4-3-9(37-2)5-10(11)24(35,36)7-38-6-12(25)26/h3-5,12H,6-7H2,1-2H3. The van der Waals surface area contributed by atoms with Crippen LogP contribution in [0.1, 0.15) is 11.1 Å². The van der Waals surface area contributed by atoms with Crippen molar-refractivity contribution in [1.29, 1.82) is 0 Å². The van der Waals surface area contributed by atoms with Crippen LogP contribution in [0.5, 0.6) is 17.2 Å². The molecule has 15 heteroatoms. The molecule has 0 fully saturated rings. The molecule has 0 amide bonds. The van der Waals surface area contributed by atoms with Crippen LogP contribution in [0.3, 0.4) is 0 Å². The third-order valence-corrected chi connectivity index (χ3v) is 5.28. The molecule has 0 atom stereocenters. The smallest absolute Gasteiger partial charge is 0.299 e. The van der Waals surface area contributed by atoms with Crippen LogP contribution in [-0.2, 0) is 10.7 Å². The maximum atomic E-state index is 14.8. The van der Waals surface area contributed by atoms with E-state index in [0.717, 1.165) is 13.2 Å². The Hall–Kier alpha value is -3.62. The van der Waals surface area contributed by atoms with Gasteiger partial charge in [0.05, 0.1) is 23.8 Å². The molecular weight excluding hydrogens is 564 g/mol. The van der Waals surface area contributed by atoms with Crippen molar-refractivity contribution < 1.29 is 66.9 Å². The van der Waals surface area contributed by atoms with Gasteiger partial charge in [0, 0.05) is 5.56 Å². The Kier molecular flexibility index (Phi) is 8.63. The lowest BCUT2D eigenvalue weighted by atomic mass is 9.99. The number of ether oxygens (including phenoxy) is 3. The van der Waals surface area contributed by atoms with E-state index in [1.807, 2.05) is 0 Å². The molecule has 0 spiro atoms. The van der Waals surface area contributed by atoms with E-state index in [1.165, 1.54) is 0 Å². The normalized spacial score (nSPS) is 11.9. The molecule has 0 saturated heterocycles. The maximum absolute atomic E-state index is 14.8. The summed E-state index contributed by atoms with van der Waals surface area (Å²) >= 11 is 0. The maximum Gasteiger partial charge on any atom is 0.299 e. The first-order valence-corrected chi connectivity index (χ1v) is 10.4. The second kappa shape index (κ2) is 11.2. The molecule has 39 heavy (non-hydrogen) atoms. The van der Waals surface area contributed by atoms with Crippen molar-refractivity contribution in [2.24, 2.45) is 0 Å². The van der Waals surface area contributed by atoms with E-state index in [2.05, 4.69) is 9.47 Å². The molecule has 0 N–H and O–H groups in total. The first kappa shape index (κ1) is 29.9. The number of halogens is 12. The quantitative estimate of drug-likeness (QED) is 0.191. The Bertz CT molecular complexity index is 1350. The van der Waals surface area contributed by atoms with Gasteiger partial charge < -0.3 is 14.2 Å². The largest absolute Gasteiger partial charge is 0.497 e. The lowest BCUT2D eigenvalue weighted by Gasteiger charge is -2.21. The summed E-state index contributed by atoms with van der Waals surface area (Å²) < 4.78 is 183. The van der Waals surface area contributed by atoms with Crippen molar-refractivity contribution in [1.82, 2.24) is 0 Å². The summed E-state index contributed by atoms with van der Waals surface area (Å²) in [4.78, 5) is 0.